The smallest absolute Gasteiger partial charge is 0.0370 e. The van der Waals surface area contributed by atoms with Crippen LogP contribution in [-0.4, -0.2) is 19.0 Å². The summed E-state index contributed by atoms with van der Waals surface area (Å²) in [5.74, 6) is 0.778. The summed E-state index contributed by atoms with van der Waals surface area (Å²) in [6.07, 6.45) is 2.57. The number of benzene rings is 1. The Balaban J connectivity index is 2.41. The summed E-state index contributed by atoms with van der Waals surface area (Å²) in [5.41, 5.74) is 3.08. The molecule has 0 spiro atoms. The highest BCUT2D eigenvalue weighted by Crippen LogP contribution is 2.36. The lowest BCUT2D eigenvalue weighted by molar-refractivity contribution is 0.203. The second-order valence-electron chi connectivity index (χ2n) is 4.62. The standard InChI is InChI=1S/C13H19N/c1-10-8-9-11-6-4-5-7-12(11)13(10)14(2)3/h4-7,10,13H,8-9H2,1-3H3. The van der Waals surface area contributed by atoms with Gasteiger partial charge in [-0.05, 0) is 44.0 Å². The number of nitrogens with zero attached hydrogens (tertiary/aromatic N) is 1. The zero-order valence-electron chi connectivity index (χ0n) is 9.33. The Hall–Kier alpha value is -0.820. The minimum atomic E-state index is 0.611. The molecule has 0 radical (unpaired) electrons. The van der Waals surface area contributed by atoms with Gasteiger partial charge in [-0.3, -0.25) is 0 Å². The molecule has 0 heterocycles. The van der Waals surface area contributed by atoms with Crippen molar-refractivity contribution in [3.8, 4) is 0 Å². The van der Waals surface area contributed by atoms with Gasteiger partial charge in [0.05, 0.1) is 0 Å². The van der Waals surface area contributed by atoms with Gasteiger partial charge < -0.3 is 4.90 Å². The van der Waals surface area contributed by atoms with E-state index < -0.39 is 0 Å². The van der Waals surface area contributed by atoms with Crippen LogP contribution in [-0.2, 0) is 6.42 Å². The van der Waals surface area contributed by atoms with Crippen LogP contribution in [0, 0.1) is 5.92 Å². The largest absolute Gasteiger partial charge is 0.302 e. The highest BCUT2D eigenvalue weighted by molar-refractivity contribution is 5.32. The fourth-order valence-electron chi connectivity index (χ4n) is 2.69. The van der Waals surface area contributed by atoms with E-state index in [4.69, 9.17) is 0 Å². The molecule has 0 saturated heterocycles. The van der Waals surface area contributed by atoms with Crippen LogP contribution in [0.5, 0.6) is 0 Å². The molecule has 1 nitrogen and oxygen atoms in total. The van der Waals surface area contributed by atoms with Crippen molar-refractivity contribution < 1.29 is 0 Å². The number of hydrogen-bond acceptors (Lipinski definition) is 1. The maximum atomic E-state index is 2.36. The maximum absolute atomic E-state index is 2.36. The van der Waals surface area contributed by atoms with Crippen LogP contribution in [0.2, 0.25) is 0 Å². The molecule has 0 fully saturated rings. The lowest BCUT2D eigenvalue weighted by Gasteiger charge is -2.36. The molecule has 0 aliphatic heterocycles. The van der Waals surface area contributed by atoms with Crippen molar-refractivity contribution in [3.63, 3.8) is 0 Å². The topological polar surface area (TPSA) is 3.24 Å². The summed E-state index contributed by atoms with van der Waals surface area (Å²) < 4.78 is 0. The molecule has 14 heavy (non-hydrogen) atoms. The summed E-state index contributed by atoms with van der Waals surface area (Å²) >= 11 is 0. The molecule has 2 rings (SSSR count). The third kappa shape index (κ3) is 1.57. The van der Waals surface area contributed by atoms with Crippen LogP contribution in [0.15, 0.2) is 24.3 Å². The van der Waals surface area contributed by atoms with Crippen LogP contribution in [0.3, 0.4) is 0 Å². The van der Waals surface area contributed by atoms with Crippen molar-refractivity contribution in [2.24, 2.45) is 5.92 Å². The first-order valence-electron chi connectivity index (χ1n) is 5.44. The van der Waals surface area contributed by atoms with Crippen LogP contribution in [0.4, 0.5) is 0 Å². The minimum Gasteiger partial charge on any atom is -0.302 e. The first-order chi connectivity index (χ1) is 6.70. The fraction of sp³-hybridized carbons (Fsp3) is 0.538. The molecule has 0 aromatic heterocycles. The van der Waals surface area contributed by atoms with Crippen molar-refractivity contribution in [3.05, 3.63) is 35.4 Å². The van der Waals surface area contributed by atoms with E-state index in [1.54, 1.807) is 5.56 Å². The molecule has 2 atom stereocenters. The van der Waals surface area contributed by atoms with Crippen molar-refractivity contribution in [1.82, 2.24) is 4.90 Å². The molecule has 1 heteroatoms. The van der Waals surface area contributed by atoms with Gasteiger partial charge in [0.15, 0.2) is 0 Å². The van der Waals surface area contributed by atoms with Crippen molar-refractivity contribution >= 4 is 0 Å². The maximum Gasteiger partial charge on any atom is 0.0370 e. The number of rotatable bonds is 1. The second-order valence-corrected chi connectivity index (χ2v) is 4.62. The van der Waals surface area contributed by atoms with E-state index in [0.717, 1.165) is 5.92 Å². The Labute approximate surface area is 86.7 Å². The quantitative estimate of drug-likeness (QED) is 0.656. The molecular formula is C13H19N. The molecule has 1 aromatic carbocycles. The highest BCUT2D eigenvalue weighted by Gasteiger charge is 2.27. The van der Waals surface area contributed by atoms with Crippen LogP contribution < -0.4 is 0 Å². The highest BCUT2D eigenvalue weighted by atomic mass is 15.1. The molecule has 2 unspecified atom stereocenters. The number of hydrogen-bond donors (Lipinski definition) is 0. The Kier molecular flexibility index (Phi) is 2.60. The minimum absolute atomic E-state index is 0.611. The Bertz CT molecular complexity index is 317. The number of fused-ring (bicyclic) bond motifs is 1. The van der Waals surface area contributed by atoms with Gasteiger partial charge in [0.2, 0.25) is 0 Å². The molecule has 1 aliphatic rings. The summed E-state index contributed by atoms with van der Waals surface area (Å²) in [4.78, 5) is 2.35. The predicted molar refractivity (Wildman–Crippen MR) is 60.4 cm³/mol. The van der Waals surface area contributed by atoms with Crippen LogP contribution in [0.1, 0.15) is 30.5 Å². The van der Waals surface area contributed by atoms with E-state index in [1.807, 2.05) is 0 Å². The van der Waals surface area contributed by atoms with Crippen molar-refractivity contribution in [2.75, 3.05) is 14.1 Å². The Morgan fingerprint density at radius 1 is 1.21 bits per heavy atom. The van der Waals surface area contributed by atoms with Gasteiger partial charge >= 0.3 is 0 Å². The molecule has 0 N–H and O–H groups in total. The average Bonchev–Trinajstić information content (AvgIpc) is 2.17. The van der Waals surface area contributed by atoms with Gasteiger partial charge in [-0.2, -0.15) is 0 Å². The monoisotopic (exact) mass is 189 g/mol. The van der Waals surface area contributed by atoms with E-state index in [-0.39, 0.29) is 0 Å². The third-order valence-corrected chi connectivity index (χ3v) is 3.34. The molecule has 0 amide bonds. The van der Waals surface area contributed by atoms with Gasteiger partial charge in [0.25, 0.3) is 0 Å². The first-order valence-corrected chi connectivity index (χ1v) is 5.44. The average molecular weight is 189 g/mol. The summed E-state index contributed by atoms with van der Waals surface area (Å²) in [6.45, 7) is 2.36. The number of aryl methyl sites for hydroxylation is 1. The van der Waals surface area contributed by atoms with E-state index in [2.05, 4.69) is 50.2 Å². The third-order valence-electron chi connectivity index (χ3n) is 3.34. The predicted octanol–water partition coefficient (Wildman–Crippen LogP) is 2.87. The van der Waals surface area contributed by atoms with E-state index in [1.165, 1.54) is 18.4 Å². The lowest BCUT2D eigenvalue weighted by atomic mass is 9.80. The van der Waals surface area contributed by atoms with Gasteiger partial charge in [0.1, 0.15) is 0 Å². The molecule has 76 valence electrons. The summed E-state index contributed by atoms with van der Waals surface area (Å²) in [5, 5.41) is 0. The molecular weight excluding hydrogens is 170 g/mol. The van der Waals surface area contributed by atoms with Crippen LogP contribution >= 0.6 is 0 Å². The van der Waals surface area contributed by atoms with Gasteiger partial charge in [-0.25, -0.2) is 0 Å². The normalized spacial score (nSPS) is 26.3. The molecule has 0 bridgehead atoms. The van der Waals surface area contributed by atoms with Crippen molar-refractivity contribution in [2.45, 2.75) is 25.8 Å². The van der Waals surface area contributed by atoms with Crippen LogP contribution in [0.25, 0.3) is 0 Å². The summed E-state index contributed by atoms with van der Waals surface area (Å²) in [7, 11) is 4.37. The molecule has 1 aliphatic carbocycles. The second kappa shape index (κ2) is 3.74. The molecule has 1 aromatic rings. The Morgan fingerprint density at radius 2 is 1.93 bits per heavy atom. The first kappa shape index (κ1) is 9.72. The lowest BCUT2D eigenvalue weighted by Crippen LogP contribution is -2.30. The van der Waals surface area contributed by atoms with E-state index in [0.29, 0.717) is 6.04 Å². The fourth-order valence-corrected chi connectivity index (χ4v) is 2.69. The Morgan fingerprint density at radius 3 is 2.64 bits per heavy atom. The SMILES string of the molecule is CC1CCc2ccccc2C1N(C)C. The van der Waals surface area contributed by atoms with E-state index in [9.17, 15) is 0 Å². The van der Waals surface area contributed by atoms with E-state index >= 15 is 0 Å². The molecule has 0 saturated carbocycles. The van der Waals surface area contributed by atoms with Gasteiger partial charge in [-0.15, -0.1) is 0 Å². The zero-order valence-corrected chi connectivity index (χ0v) is 9.33. The summed E-state index contributed by atoms with van der Waals surface area (Å²) in [6, 6.07) is 9.49. The zero-order chi connectivity index (χ0) is 10.1. The van der Waals surface area contributed by atoms with Gasteiger partial charge in [0, 0.05) is 6.04 Å². The van der Waals surface area contributed by atoms with Crippen molar-refractivity contribution in [1.29, 1.82) is 0 Å². The van der Waals surface area contributed by atoms with Gasteiger partial charge in [-0.1, -0.05) is 31.2 Å².